The fraction of sp³-hybridized carbons (Fsp3) is 0. The van der Waals surface area contributed by atoms with Gasteiger partial charge in [0.15, 0.2) is 17.5 Å². The minimum Gasteiger partial charge on any atom is -0.295 e. The zero-order valence-corrected chi connectivity index (χ0v) is 30.3. The summed E-state index contributed by atoms with van der Waals surface area (Å²) in [7, 11) is 0. The normalized spacial score (nSPS) is 12.4. The van der Waals surface area contributed by atoms with Crippen LogP contribution >= 0.6 is 23.1 Å². The van der Waals surface area contributed by atoms with Gasteiger partial charge in [-0.25, -0.2) is 15.0 Å². The molecule has 0 saturated carbocycles. The maximum absolute atomic E-state index is 5.13. The maximum atomic E-state index is 5.13. The van der Waals surface area contributed by atoms with Crippen molar-refractivity contribution in [2.24, 2.45) is 0 Å². The first-order valence-corrected chi connectivity index (χ1v) is 19.6. The molecule has 0 atom stereocenters. The molecule has 0 amide bonds. The number of rotatable bonds is 4. The van der Waals surface area contributed by atoms with Gasteiger partial charge in [-0.15, -0.1) is 11.3 Å². The van der Waals surface area contributed by atoms with Gasteiger partial charge in [0.1, 0.15) is 5.65 Å². The van der Waals surface area contributed by atoms with Gasteiger partial charge in [0.25, 0.3) is 0 Å². The fourth-order valence-corrected chi connectivity index (χ4v) is 10.3. The number of benzene rings is 7. The quantitative estimate of drug-likeness (QED) is 0.181. The van der Waals surface area contributed by atoms with E-state index >= 15 is 0 Å². The minimum atomic E-state index is 0.641. The molecule has 5 nitrogen and oxygen atoms in total. The third kappa shape index (κ3) is 4.37. The van der Waals surface area contributed by atoms with E-state index < -0.39 is 0 Å². The van der Waals surface area contributed by atoms with Crippen LogP contribution in [-0.4, -0.2) is 24.1 Å². The van der Waals surface area contributed by atoms with E-state index in [-0.39, 0.29) is 0 Å². The Balaban J connectivity index is 1.05. The Morgan fingerprint density at radius 2 is 1.06 bits per heavy atom. The van der Waals surface area contributed by atoms with Crippen molar-refractivity contribution >= 4 is 76.1 Å². The second kappa shape index (κ2) is 11.5. The van der Waals surface area contributed by atoms with Gasteiger partial charge < -0.3 is 0 Å². The number of fused-ring (bicyclic) bond motifs is 10. The molecule has 12 rings (SSSR count). The Morgan fingerprint density at radius 1 is 0.426 bits per heavy atom. The average Bonchev–Trinajstić information content (AvgIpc) is 3.90. The van der Waals surface area contributed by atoms with Crippen molar-refractivity contribution in [1.82, 2.24) is 24.1 Å². The molecule has 0 N–H and O–H groups in total. The summed E-state index contributed by atoms with van der Waals surface area (Å²) in [6.45, 7) is 0. The molecule has 0 bridgehead atoms. The van der Waals surface area contributed by atoms with E-state index in [0.29, 0.717) is 17.5 Å². The Morgan fingerprint density at radius 3 is 1.91 bits per heavy atom. The van der Waals surface area contributed by atoms with Crippen LogP contribution in [0.3, 0.4) is 0 Å². The van der Waals surface area contributed by atoms with Gasteiger partial charge in [0.2, 0.25) is 0 Å². The lowest BCUT2D eigenvalue weighted by atomic mass is 10.1. The summed E-state index contributed by atoms with van der Waals surface area (Å²) in [4.78, 5) is 17.8. The van der Waals surface area contributed by atoms with E-state index in [9.17, 15) is 0 Å². The molecule has 54 heavy (non-hydrogen) atoms. The van der Waals surface area contributed by atoms with Crippen LogP contribution in [0, 0.1) is 0 Å². The van der Waals surface area contributed by atoms with Gasteiger partial charge >= 0.3 is 0 Å². The van der Waals surface area contributed by atoms with Crippen LogP contribution in [0.1, 0.15) is 0 Å². The van der Waals surface area contributed by atoms with Gasteiger partial charge in [-0.3, -0.25) is 9.13 Å². The number of nitrogens with zero attached hydrogens (tertiary/aromatic N) is 5. The third-order valence-corrected chi connectivity index (χ3v) is 12.8. The summed E-state index contributed by atoms with van der Waals surface area (Å²) in [6.07, 6.45) is 0. The van der Waals surface area contributed by atoms with E-state index in [0.717, 1.165) is 22.4 Å². The van der Waals surface area contributed by atoms with Crippen molar-refractivity contribution in [3.63, 3.8) is 0 Å². The number of para-hydroxylation sites is 3. The lowest BCUT2D eigenvalue weighted by Crippen LogP contribution is -2.05. The zero-order chi connectivity index (χ0) is 35.3. The molecule has 0 spiro atoms. The molecule has 0 unspecified atom stereocenters. The van der Waals surface area contributed by atoms with Crippen LogP contribution in [0.5, 0.6) is 0 Å². The van der Waals surface area contributed by atoms with Crippen molar-refractivity contribution in [2.75, 3.05) is 0 Å². The van der Waals surface area contributed by atoms with Crippen LogP contribution in [0.15, 0.2) is 174 Å². The van der Waals surface area contributed by atoms with Crippen molar-refractivity contribution < 1.29 is 0 Å². The van der Waals surface area contributed by atoms with Crippen molar-refractivity contribution in [3.8, 4) is 45.5 Å². The monoisotopic (exact) mass is 725 g/mol. The fourth-order valence-electron chi connectivity index (χ4n) is 8.16. The Bertz CT molecular complexity index is 3300. The summed E-state index contributed by atoms with van der Waals surface area (Å²) < 4.78 is 7.42. The molecule has 7 heteroatoms. The highest BCUT2D eigenvalue weighted by atomic mass is 32.2. The first-order valence-electron chi connectivity index (χ1n) is 17.9. The van der Waals surface area contributed by atoms with Gasteiger partial charge in [-0.2, -0.15) is 0 Å². The Kier molecular flexibility index (Phi) is 6.37. The number of hydrogen-bond donors (Lipinski definition) is 0. The summed E-state index contributed by atoms with van der Waals surface area (Å²) in [5, 5.41) is 6.26. The maximum Gasteiger partial charge on any atom is 0.164 e. The molecule has 1 aliphatic heterocycles. The second-order valence-electron chi connectivity index (χ2n) is 13.6. The highest BCUT2D eigenvalue weighted by Gasteiger charge is 2.27. The molecule has 252 valence electrons. The summed E-state index contributed by atoms with van der Waals surface area (Å²) in [5.74, 6) is 1.95. The molecule has 7 aromatic carbocycles. The van der Waals surface area contributed by atoms with Gasteiger partial charge in [-0.1, -0.05) is 103 Å². The lowest BCUT2D eigenvalue weighted by molar-refractivity contribution is 1.03. The van der Waals surface area contributed by atoms with E-state index in [4.69, 9.17) is 15.0 Å². The number of hydrogen-bond acceptors (Lipinski definition) is 5. The largest absolute Gasteiger partial charge is 0.295 e. The Labute approximate surface area is 317 Å². The molecule has 0 fully saturated rings. The minimum absolute atomic E-state index is 0.641. The predicted octanol–water partition coefficient (Wildman–Crippen LogP) is 12.7. The van der Waals surface area contributed by atoms with Crippen LogP contribution < -0.4 is 0 Å². The molecule has 4 aromatic heterocycles. The van der Waals surface area contributed by atoms with Crippen molar-refractivity contribution in [2.45, 2.75) is 9.79 Å². The summed E-state index contributed by atoms with van der Waals surface area (Å²) >= 11 is 3.66. The van der Waals surface area contributed by atoms with E-state index in [2.05, 4.69) is 155 Å². The topological polar surface area (TPSA) is 48.5 Å². The van der Waals surface area contributed by atoms with Crippen LogP contribution in [0.25, 0.3) is 98.5 Å². The van der Waals surface area contributed by atoms with E-state index in [1.807, 2.05) is 41.3 Å². The molecule has 5 heterocycles. The first kappa shape index (κ1) is 30.0. The number of aromatic nitrogens is 5. The van der Waals surface area contributed by atoms with E-state index in [1.165, 1.54) is 68.5 Å². The smallest absolute Gasteiger partial charge is 0.164 e. The first-order chi connectivity index (χ1) is 26.8. The Hall–Kier alpha value is -6.54. The summed E-state index contributed by atoms with van der Waals surface area (Å²) in [5.41, 5.74) is 8.75. The van der Waals surface area contributed by atoms with Gasteiger partial charge in [0.05, 0.1) is 16.7 Å². The molecule has 11 aromatic rings. The van der Waals surface area contributed by atoms with Crippen LogP contribution in [-0.2, 0) is 0 Å². The predicted molar refractivity (Wildman–Crippen MR) is 224 cm³/mol. The average molecular weight is 726 g/mol. The van der Waals surface area contributed by atoms with E-state index in [1.54, 1.807) is 0 Å². The lowest BCUT2D eigenvalue weighted by Gasteiger charge is -2.21. The molecule has 0 saturated heterocycles. The molecular formula is C47H27N5S2. The highest BCUT2D eigenvalue weighted by Crippen LogP contribution is 2.49. The summed E-state index contributed by atoms with van der Waals surface area (Å²) in [6, 6.07) is 58.2. The van der Waals surface area contributed by atoms with Gasteiger partial charge in [-0.05, 0) is 72.8 Å². The highest BCUT2D eigenvalue weighted by molar-refractivity contribution is 7.99. The third-order valence-electron chi connectivity index (χ3n) is 10.6. The molecule has 0 radical (unpaired) electrons. The van der Waals surface area contributed by atoms with Crippen LogP contribution in [0.2, 0.25) is 0 Å². The van der Waals surface area contributed by atoms with Gasteiger partial charge in [0, 0.05) is 68.5 Å². The molecule has 1 aliphatic rings. The molecule has 0 aliphatic carbocycles. The van der Waals surface area contributed by atoms with Crippen LogP contribution in [0.4, 0.5) is 0 Å². The SMILES string of the molecule is c1ccc(-c2nc(-c3ccc(-n4c5ccccc5c5c6cccc7c6n(c54)-c4ccccc4S7)cc3)nc(-c3ccc4sc5ccccc5c4c3)n2)cc1. The molecular weight excluding hydrogens is 699 g/mol. The zero-order valence-electron chi connectivity index (χ0n) is 28.6. The second-order valence-corrected chi connectivity index (χ2v) is 15.8. The number of thiophene rings is 1. The van der Waals surface area contributed by atoms with Crippen molar-refractivity contribution in [3.05, 3.63) is 164 Å². The standard InChI is InChI=1S/C47H27N5S2/c1-2-11-28(12-3-1)44-48-45(50-46(49-44)30-23-26-39-35(27-30)32-13-5-8-18-38(32)53-39)29-21-24-31(25-22-29)51-36-16-6-4-14-33(36)42-34-15-10-20-41-43(34)52(47(42)51)37-17-7-9-19-40(37)54-41/h1-27H. The van der Waals surface area contributed by atoms with Crippen molar-refractivity contribution in [1.29, 1.82) is 0 Å².